The van der Waals surface area contributed by atoms with Gasteiger partial charge in [0.15, 0.2) is 0 Å². The maximum absolute atomic E-state index is 13.4. The molecule has 2 saturated carbocycles. The van der Waals surface area contributed by atoms with Gasteiger partial charge in [0.1, 0.15) is 11.6 Å². The summed E-state index contributed by atoms with van der Waals surface area (Å²) in [7, 11) is 1.63. The molecule has 6 nitrogen and oxygen atoms in total. The zero-order valence-electron chi connectivity index (χ0n) is 16.4. The van der Waals surface area contributed by atoms with E-state index in [1.165, 1.54) is 0 Å². The van der Waals surface area contributed by atoms with Crippen molar-refractivity contribution in [2.45, 2.75) is 38.1 Å². The van der Waals surface area contributed by atoms with E-state index in [-0.39, 0.29) is 17.4 Å². The van der Waals surface area contributed by atoms with Crippen LogP contribution in [0, 0.1) is 5.92 Å². The average Bonchev–Trinajstić information content (AvgIpc) is 3.63. The van der Waals surface area contributed by atoms with E-state index in [2.05, 4.69) is 5.32 Å². The lowest BCUT2D eigenvalue weighted by Gasteiger charge is -2.14. The number of aromatic nitrogens is 2. The fourth-order valence-corrected chi connectivity index (χ4v) is 3.67. The molecule has 1 aromatic heterocycles. The monoisotopic (exact) mass is 389 g/mol. The zero-order chi connectivity index (χ0) is 20.0. The molecule has 0 atom stereocenters. The first-order valence-corrected chi connectivity index (χ1v) is 10.1. The minimum absolute atomic E-state index is 0.0311. The van der Waals surface area contributed by atoms with Crippen molar-refractivity contribution < 1.29 is 9.53 Å². The van der Waals surface area contributed by atoms with Crippen molar-refractivity contribution in [2.75, 3.05) is 12.4 Å². The number of nitrogens with one attached hydrogen (secondary N) is 1. The number of hydrogen-bond donors (Lipinski definition) is 1. The third-order valence-corrected chi connectivity index (χ3v) is 5.62. The Morgan fingerprint density at radius 2 is 2.00 bits per heavy atom. The van der Waals surface area contributed by atoms with Crippen LogP contribution in [-0.2, 0) is 11.3 Å². The van der Waals surface area contributed by atoms with Crippen molar-refractivity contribution in [3.63, 3.8) is 0 Å². The Bertz CT molecular complexity index is 1160. The van der Waals surface area contributed by atoms with E-state index < -0.39 is 0 Å². The van der Waals surface area contributed by atoms with Gasteiger partial charge in [0, 0.05) is 17.5 Å². The number of carbonyl (C=O) groups excluding carboxylic acids is 1. The van der Waals surface area contributed by atoms with Gasteiger partial charge in [-0.05, 0) is 61.6 Å². The second kappa shape index (κ2) is 7.03. The van der Waals surface area contributed by atoms with Gasteiger partial charge in [0.25, 0.3) is 5.56 Å². The highest BCUT2D eigenvalue weighted by molar-refractivity contribution is 5.96. The molecule has 0 spiro atoms. The number of amides is 1. The van der Waals surface area contributed by atoms with Gasteiger partial charge in [-0.1, -0.05) is 12.1 Å². The maximum atomic E-state index is 13.4. The molecule has 1 heterocycles. The molecule has 6 heteroatoms. The summed E-state index contributed by atoms with van der Waals surface area (Å²) >= 11 is 0. The number of rotatable bonds is 6. The summed E-state index contributed by atoms with van der Waals surface area (Å²) in [5.41, 5.74) is 2.26. The molecular weight excluding hydrogens is 366 g/mol. The van der Waals surface area contributed by atoms with Crippen molar-refractivity contribution in [2.24, 2.45) is 5.92 Å². The van der Waals surface area contributed by atoms with Crippen molar-refractivity contribution in [3.8, 4) is 5.75 Å². The van der Waals surface area contributed by atoms with E-state index in [0.717, 1.165) is 42.8 Å². The van der Waals surface area contributed by atoms with Crippen LogP contribution in [0.15, 0.2) is 47.3 Å². The Hall–Kier alpha value is -3.15. The van der Waals surface area contributed by atoms with E-state index in [1.54, 1.807) is 17.7 Å². The Kier molecular flexibility index (Phi) is 4.34. The molecule has 0 radical (unpaired) electrons. The van der Waals surface area contributed by atoms with Gasteiger partial charge in [-0.3, -0.25) is 14.2 Å². The summed E-state index contributed by atoms with van der Waals surface area (Å²) in [4.78, 5) is 30.3. The summed E-state index contributed by atoms with van der Waals surface area (Å²) in [6.45, 7) is 0.448. The number of benzene rings is 2. The largest absolute Gasteiger partial charge is 0.497 e. The molecule has 29 heavy (non-hydrogen) atoms. The average molecular weight is 389 g/mol. The molecule has 2 aromatic carbocycles. The fourth-order valence-electron chi connectivity index (χ4n) is 3.67. The maximum Gasteiger partial charge on any atom is 0.261 e. The highest BCUT2D eigenvalue weighted by atomic mass is 16.5. The Labute approximate surface area is 168 Å². The number of methoxy groups -OCH3 is 1. The predicted octanol–water partition coefficient (Wildman–Crippen LogP) is 3.68. The van der Waals surface area contributed by atoms with Crippen molar-refractivity contribution in [1.29, 1.82) is 0 Å². The second-order valence-corrected chi connectivity index (χ2v) is 7.98. The number of carbonyl (C=O) groups is 1. The van der Waals surface area contributed by atoms with Gasteiger partial charge in [0.05, 0.1) is 24.6 Å². The number of nitrogens with zero attached hydrogens (tertiary/aromatic N) is 2. The van der Waals surface area contributed by atoms with Gasteiger partial charge in [-0.25, -0.2) is 4.98 Å². The summed E-state index contributed by atoms with van der Waals surface area (Å²) in [6, 6.07) is 13.2. The lowest BCUT2D eigenvalue weighted by atomic mass is 10.1. The molecule has 2 aliphatic rings. The molecule has 0 unspecified atom stereocenters. The number of fused-ring (bicyclic) bond motifs is 1. The quantitative estimate of drug-likeness (QED) is 0.698. The molecular formula is C23H23N3O3. The van der Waals surface area contributed by atoms with E-state index in [4.69, 9.17) is 9.72 Å². The normalized spacial score (nSPS) is 16.0. The first kappa shape index (κ1) is 17.9. The van der Waals surface area contributed by atoms with Crippen molar-refractivity contribution >= 4 is 22.5 Å². The number of anilines is 1. The first-order chi connectivity index (χ1) is 14.1. The molecule has 0 bridgehead atoms. The van der Waals surface area contributed by atoms with Gasteiger partial charge in [-0.2, -0.15) is 0 Å². The topological polar surface area (TPSA) is 73.2 Å². The third-order valence-electron chi connectivity index (χ3n) is 5.62. The van der Waals surface area contributed by atoms with Crippen LogP contribution in [0.1, 0.15) is 43.0 Å². The first-order valence-electron chi connectivity index (χ1n) is 10.1. The van der Waals surface area contributed by atoms with Gasteiger partial charge >= 0.3 is 0 Å². The lowest BCUT2D eigenvalue weighted by molar-refractivity contribution is -0.117. The van der Waals surface area contributed by atoms with Crippen LogP contribution < -0.4 is 15.6 Å². The van der Waals surface area contributed by atoms with Crippen LogP contribution in [0.4, 0.5) is 5.69 Å². The van der Waals surface area contributed by atoms with Crippen LogP contribution in [0.3, 0.4) is 0 Å². The van der Waals surface area contributed by atoms with E-state index >= 15 is 0 Å². The molecule has 3 aromatic rings. The second-order valence-electron chi connectivity index (χ2n) is 7.98. The summed E-state index contributed by atoms with van der Waals surface area (Å²) < 4.78 is 7.10. The number of ether oxygens (including phenoxy) is 1. The minimum atomic E-state index is -0.0674. The Morgan fingerprint density at radius 1 is 1.17 bits per heavy atom. The van der Waals surface area contributed by atoms with Crippen molar-refractivity contribution in [1.82, 2.24) is 9.55 Å². The van der Waals surface area contributed by atoms with Crippen LogP contribution in [0.2, 0.25) is 0 Å². The lowest BCUT2D eigenvalue weighted by Crippen LogP contribution is -2.26. The summed E-state index contributed by atoms with van der Waals surface area (Å²) in [5, 5.41) is 3.46. The Balaban J connectivity index is 1.56. The smallest absolute Gasteiger partial charge is 0.261 e. The van der Waals surface area contributed by atoms with E-state index in [1.807, 2.05) is 36.4 Å². The minimum Gasteiger partial charge on any atom is -0.497 e. The van der Waals surface area contributed by atoms with Crippen LogP contribution in [0.5, 0.6) is 5.75 Å². The molecule has 2 aliphatic carbocycles. The molecule has 1 N–H and O–H groups in total. The summed E-state index contributed by atoms with van der Waals surface area (Å²) in [6.07, 6.45) is 4.01. The Morgan fingerprint density at radius 3 is 2.72 bits per heavy atom. The SMILES string of the molecule is COc1cccc(Cn2c(C3CC3)nc3ccc(NC(=O)C4CC4)cc3c2=O)c1. The zero-order valence-corrected chi connectivity index (χ0v) is 16.4. The van der Waals surface area contributed by atoms with Gasteiger partial charge in [-0.15, -0.1) is 0 Å². The molecule has 5 rings (SSSR count). The molecule has 148 valence electrons. The fraction of sp³-hybridized carbons (Fsp3) is 0.348. The van der Waals surface area contributed by atoms with Crippen LogP contribution in [-0.4, -0.2) is 22.6 Å². The predicted molar refractivity (Wildman–Crippen MR) is 111 cm³/mol. The third kappa shape index (κ3) is 3.62. The molecule has 0 saturated heterocycles. The van der Waals surface area contributed by atoms with Gasteiger partial charge < -0.3 is 10.1 Å². The van der Waals surface area contributed by atoms with Crippen LogP contribution in [0.25, 0.3) is 10.9 Å². The number of hydrogen-bond acceptors (Lipinski definition) is 4. The molecule has 1 amide bonds. The molecule has 0 aliphatic heterocycles. The van der Waals surface area contributed by atoms with Crippen LogP contribution >= 0.6 is 0 Å². The molecule has 2 fully saturated rings. The highest BCUT2D eigenvalue weighted by Gasteiger charge is 2.31. The standard InChI is InChI=1S/C23H23N3O3/c1-29-18-4-2-3-14(11-18)13-26-21(15-5-6-15)25-20-10-9-17(12-19(20)23(26)28)24-22(27)16-7-8-16/h2-4,9-12,15-16H,5-8,13H2,1H3,(H,24,27). The summed E-state index contributed by atoms with van der Waals surface area (Å²) in [5.74, 6) is 2.10. The van der Waals surface area contributed by atoms with E-state index in [9.17, 15) is 9.59 Å². The van der Waals surface area contributed by atoms with Gasteiger partial charge in [0.2, 0.25) is 5.91 Å². The highest BCUT2D eigenvalue weighted by Crippen LogP contribution is 2.39. The van der Waals surface area contributed by atoms with E-state index in [0.29, 0.717) is 29.1 Å². The van der Waals surface area contributed by atoms with Crippen molar-refractivity contribution in [3.05, 3.63) is 64.2 Å².